The van der Waals surface area contributed by atoms with Crippen LogP contribution in [0.5, 0.6) is 0 Å². The van der Waals surface area contributed by atoms with Gasteiger partial charge in [-0.1, -0.05) is 24.3 Å². The summed E-state index contributed by atoms with van der Waals surface area (Å²) in [7, 11) is 0. The van der Waals surface area contributed by atoms with Crippen molar-refractivity contribution in [2.75, 3.05) is 69.7 Å². The minimum Gasteiger partial charge on any atom is -0.380 e. The van der Waals surface area contributed by atoms with Crippen LogP contribution in [-0.2, 0) is 9.47 Å². The van der Waals surface area contributed by atoms with Crippen LogP contribution < -0.4 is 16.0 Å². The summed E-state index contributed by atoms with van der Waals surface area (Å²) in [4.78, 5) is 4.91. The van der Waals surface area contributed by atoms with E-state index in [1.54, 1.807) is 0 Å². The average Bonchev–Trinajstić information content (AvgIpc) is 2.90. The van der Waals surface area contributed by atoms with Crippen LogP contribution in [0.3, 0.4) is 0 Å². The molecule has 4 aliphatic rings. The monoisotopic (exact) mass is 506 g/mol. The molecule has 2 aromatic rings. The summed E-state index contributed by atoms with van der Waals surface area (Å²) in [5.74, 6) is 0.499. The van der Waals surface area contributed by atoms with Crippen molar-refractivity contribution < 1.29 is 9.47 Å². The summed E-state index contributed by atoms with van der Waals surface area (Å²) in [5.41, 5.74) is 11.0. The van der Waals surface area contributed by atoms with Crippen molar-refractivity contribution in [3.05, 3.63) is 35.9 Å². The number of morpholine rings is 1. The van der Waals surface area contributed by atoms with Gasteiger partial charge in [0.05, 0.1) is 36.3 Å². The number of aromatic nitrogens is 2. The topological polar surface area (TPSA) is 88.8 Å². The molecule has 1 aliphatic carbocycles. The first kappa shape index (κ1) is 25.0. The zero-order chi connectivity index (χ0) is 25.3. The fourth-order valence-corrected chi connectivity index (χ4v) is 6.95. The minimum atomic E-state index is -0.0710. The Bertz CT molecular complexity index is 1070. The minimum absolute atomic E-state index is 0.0710. The number of hydrogen-bond acceptors (Lipinski definition) is 8. The predicted octanol–water partition coefficient (Wildman–Crippen LogP) is 3.25. The fraction of sp³-hybridized carbons (Fsp3) is 0.655. The summed E-state index contributed by atoms with van der Waals surface area (Å²) >= 11 is 0. The van der Waals surface area contributed by atoms with Crippen molar-refractivity contribution >= 4 is 11.5 Å². The third-order valence-electron chi connectivity index (χ3n) is 9.31. The number of nitrogen functional groups attached to an aromatic ring is 1. The maximum atomic E-state index is 6.42. The van der Waals surface area contributed by atoms with Gasteiger partial charge in [-0.3, -0.25) is 4.90 Å². The molecule has 3 N–H and O–H groups in total. The van der Waals surface area contributed by atoms with Crippen LogP contribution in [0.1, 0.15) is 44.1 Å². The molecule has 8 nitrogen and oxygen atoms in total. The van der Waals surface area contributed by atoms with Crippen molar-refractivity contribution in [3.8, 4) is 11.3 Å². The molecule has 0 atom stereocenters. The Morgan fingerprint density at radius 2 is 1.86 bits per heavy atom. The second-order valence-corrected chi connectivity index (χ2v) is 11.8. The molecule has 0 unspecified atom stereocenters. The van der Waals surface area contributed by atoms with Crippen LogP contribution in [0, 0.1) is 12.3 Å². The highest BCUT2D eigenvalue weighted by Crippen LogP contribution is 2.49. The van der Waals surface area contributed by atoms with E-state index in [1.807, 2.05) is 12.1 Å². The van der Waals surface area contributed by atoms with E-state index in [9.17, 15) is 0 Å². The van der Waals surface area contributed by atoms with E-state index in [-0.39, 0.29) is 5.60 Å². The maximum absolute atomic E-state index is 6.42. The van der Waals surface area contributed by atoms with Crippen LogP contribution in [0.2, 0.25) is 0 Å². The number of piperidine rings is 2. The van der Waals surface area contributed by atoms with Crippen molar-refractivity contribution in [1.82, 2.24) is 20.4 Å². The number of rotatable bonds is 6. The molecule has 2 spiro atoms. The standard InChI is InChI=1S/C29H42N6O2/c1-22-4-2-3-5-24(22)25-18-26(27(30)33-32-25)35-12-8-29(9-13-35)21-34(15-17-37-29)14-16-36-23-19-28(20-23)6-10-31-11-7-28/h2-5,18,23,31H,6-17,19-21H2,1H3,(H2,30,33). The fourth-order valence-electron chi connectivity index (χ4n) is 6.95. The molecule has 8 heteroatoms. The number of hydrogen-bond donors (Lipinski definition) is 2. The van der Waals surface area contributed by atoms with Crippen LogP contribution in [0.4, 0.5) is 11.5 Å². The molecule has 4 fully saturated rings. The molecule has 37 heavy (non-hydrogen) atoms. The summed E-state index contributed by atoms with van der Waals surface area (Å²) in [6, 6.07) is 10.4. The summed E-state index contributed by atoms with van der Waals surface area (Å²) in [5, 5.41) is 12.2. The summed E-state index contributed by atoms with van der Waals surface area (Å²) in [6.45, 7) is 10.9. The van der Waals surface area contributed by atoms with Crippen LogP contribution in [0.25, 0.3) is 11.3 Å². The van der Waals surface area contributed by atoms with E-state index in [0.717, 1.165) is 75.7 Å². The number of ether oxygens (including phenoxy) is 2. The highest BCUT2D eigenvalue weighted by atomic mass is 16.5. The average molecular weight is 507 g/mol. The van der Waals surface area contributed by atoms with Crippen LogP contribution in [0.15, 0.2) is 30.3 Å². The number of aryl methyl sites for hydroxylation is 1. The highest BCUT2D eigenvalue weighted by molar-refractivity contribution is 5.72. The lowest BCUT2D eigenvalue weighted by Gasteiger charge is -2.50. The van der Waals surface area contributed by atoms with Gasteiger partial charge in [-0.25, -0.2) is 0 Å². The zero-order valence-electron chi connectivity index (χ0n) is 22.3. The van der Waals surface area contributed by atoms with E-state index in [1.165, 1.54) is 44.3 Å². The highest BCUT2D eigenvalue weighted by Gasteiger charge is 2.45. The van der Waals surface area contributed by atoms with Gasteiger partial charge in [0.15, 0.2) is 5.82 Å². The molecule has 1 aromatic heterocycles. The number of nitrogens with two attached hydrogens (primary N) is 1. The maximum Gasteiger partial charge on any atom is 0.169 e. The second kappa shape index (κ2) is 10.5. The third-order valence-corrected chi connectivity index (χ3v) is 9.31. The smallest absolute Gasteiger partial charge is 0.169 e. The first-order valence-electron chi connectivity index (χ1n) is 14.2. The van der Waals surface area contributed by atoms with E-state index in [0.29, 0.717) is 17.3 Å². The van der Waals surface area contributed by atoms with Gasteiger partial charge in [-0.15, -0.1) is 10.2 Å². The molecular weight excluding hydrogens is 464 g/mol. The number of nitrogens with zero attached hydrogens (tertiary/aromatic N) is 4. The Hall–Kier alpha value is -2.26. The SMILES string of the molecule is Cc1ccccc1-c1cc(N2CCC3(CC2)CN(CCOC2CC4(CCNCC4)C2)CCO3)c(N)nn1. The Morgan fingerprint density at radius 1 is 1.08 bits per heavy atom. The van der Waals surface area contributed by atoms with E-state index >= 15 is 0 Å². The van der Waals surface area contributed by atoms with Crippen LogP contribution in [-0.4, -0.2) is 85.8 Å². The first-order chi connectivity index (χ1) is 18.0. The lowest BCUT2D eigenvalue weighted by atomic mass is 9.62. The van der Waals surface area contributed by atoms with Gasteiger partial charge in [0.1, 0.15) is 0 Å². The van der Waals surface area contributed by atoms with Crippen molar-refractivity contribution in [1.29, 1.82) is 0 Å². The molecule has 4 heterocycles. The van der Waals surface area contributed by atoms with Gasteiger partial charge < -0.3 is 25.4 Å². The van der Waals surface area contributed by atoms with Crippen molar-refractivity contribution in [2.45, 2.75) is 57.2 Å². The molecule has 3 saturated heterocycles. The van der Waals surface area contributed by atoms with Gasteiger partial charge in [-0.2, -0.15) is 0 Å². The lowest BCUT2D eigenvalue weighted by molar-refractivity contribution is -0.132. The lowest BCUT2D eigenvalue weighted by Crippen LogP contribution is -2.57. The van der Waals surface area contributed by atoms with Gasteiger partial charge in [0.2, 0.25) is 0 Å². The molecule has 6 rings (SSSR count). The van der Waals surface area contributed by atoms with Gasteiger partial charge in [0.25, 0.3) is 0 Å². The van der Waals surface area contributed by atoms with Crippen LogP contribution >= 0.6 is 0 Å². The Morgan fingerprint density at radius 3 is 2.65 bits per heavy atom. The molecule has 0 amide bonds. The molecule has 1 saturated carbocycles. The van der Waals surface area contributed by atoms with E-state index < -0.39 is 0 Å². The molecule has 200 valence electrons. The van der Waals surface area contributed by atoms with Crippen molar-refractivity contribution in [2.24, 2.45) is 5.41 Å². The largest absolute Gasteiger partial charge is 0.380 e. The Balaban J connectivity index is 1.01. The second-order valence-electron chi connectivity index (χ2n) is 11.8. The molecule has 0 radical (unpaired) electrons. The first-order valence-corrected chi connectivity index (χ1v) is 14.2. The third kappa shape index (κ3) is 5.35. The number of nitrogens with one attached hydrogen (secondary N) is 1. The molecular formula is C29H42N6O2. The number of anilines is 2. The molecule has 1 aromatic carbocycles. The Labute approximate surface area is 220 Å². The number of benzene rings is 1. The van der Waals surface area contributed by atoms with E-state index in [2.05, 4.69) is 50.4 Å². The normalized spacial score (nSPS) is 23.9. The van der Waals surface area contributed by atoms with E-state index in [4.69, 9.17) is 15.2 Å². The zero-order valence-corrected chi connectivity index (χ0v) is 22.3. The van der Waals surface area contributed by atoms with Crippen molar-refractivity contribution in [3.63, 3.8) is 0 Å². The Kier molecular flexibility index (Phi) is 7.09. The predicted molar refractivity (Wildman–Crippen MR) is 147 cm³/mol. The van der Waals surface area contributed by atoms with Gasteiger partial charge in [-0.05, 0) is 75.6 Å². The molecule has 0 bridgehead atoms. The quantitative estimate of drug-likeness (QED) is 0.617. The van der Waals surface area contributed by atoms with Gasteiger partial charge in [0, 0.05) is 38.3 Å². The summed E-state index contributed by atoms with van der Waals surface area (Å²) in [6.07, 6.45) is 7.62. The molecule has 3 aliphatic heterocycles. The van der Waals surface area contributed by atoms with Gasteiger partial charge >= 0.3 is 0 Å². The summed E-state index contributed by atoms with van der Waals surface area (Å²) < 4.78 is 12.7.